The van der Waals surface area contributed by atoms with Gasteiger partial charge in [-0.1, -0.05) is 29.8 Å². The summed E-state index contributed by atoms with van der Waals surface area (Å²) in [7, 11) is 0. The average Bonchev–Trinajstić information content (AvgIpc) is 2.96. The minimum absolute atomic E-state index is 0.0689. The van der Waals surface area contributed by atoms with Crippen LogP contribution in [0.4, 0.5) is 0 Å². The Labute approximate surface area is 134 Å². The molecule has 5 heteroatoms. The monoisotopic (exact) mass is 323 g/mol. The van der Waals surface area contributed by atoms with Gasteiger partial charge in [0.2, 0.25) is 0 Å². The fourth-order valence-electron chi connectivity index (χ4n) is 2.45. The SMILES string of the molecule is C[C@H](OOCc1ccccc1Cl)N1CCc2sccc2C1. The highest BCUT2D eigenvalue weighted by Gasteiger charge is 2.22. The number of nitrogens with zero attached hydrogens (tertiary/aromatic N) is 1. The molecule has 0 fully saturated rings. The fourth-order valence-corrected chi connectivity index (χ4v) is 3.53. The molecule has 0 saturated carbocycles. The third kappa shape index (κ3) is 3.65. The van der Waals surface area contributed by atoms with Crippen molar-refractivity contribution in [3.8, 4) is 0 Å². The van der Waals surface area contributed by atoms with Crippen LogP contribution >= 0.6 is 22.9 Å². The molecule has 0 spiro atoms. The van der Waals surface area contributed by atoms with Crippen LogP contribution < -0.4 is 0 Å². The quantitative estimate of drug-likeness (QED) is 0.606. The molecule has 0 N–H and O–H groups in total. The fraction of sp³-hybridized carbons (Fsp3) is 0.375. The number of hydrogen-bond acceptors (Lipinski definition) is 4. The van der Waals surface area contributed by atoms with Crippen LogP contribution in [-0.2, 0) is 29.3 Å². The average molecular weight is 324 g/mol. The second-order valence-electron chi connectivity index (χ2n) is 5.14. The molecular weight excluding hydrogens is 306 g/mol. The standard InChI is InChI=1S/C16H18ClNO2S/c1-12(18-8-6-16-13(10-18)7-9-21-16)20-19-11-14-4-2-3-5-15(14)17/h2-5,7,9,12H,6,8,10-11H2,1H3/t12-/m0/s1. The van der Waals surface area contributed by atoms with Gasteiger partial charge in [-0.15, -0.1) is 11.3 Å². The third-order valence-electron chi connectivity index (χ3n) is 3.73. The van der Waals surface area contributed by atoms with E-state index in [4.69, 9.17) is 21.4 Å². The van der Waals surface area contributed by atoms with Crippen molar-refractivity contribution in [3.05, 3.63) is 56.7 Å². The molecule has 1 aliphatic heterocycles. The maximum absolute atomic E-state index is 6.09. The number of hydrogen-bond donors (Lipinski definition) is 0. The Balaban J connectivity index is 1.49. The smallest absolute Gasteiger partial charge is 0.143 e. The summed E-state index contributed by atoms with van der Waals surface area (Å²) in [4.78, 5) is 14.6. The summed E-state index contributed by atoms with van der Waals surface area (Å²) in [5.41, 5.74) is 2.35. The summed E-state index contributed by atoms with van der Waals surface area (Å²) in [5, 5.41) is 2.86. The minimum Gasteiger partial charge on any atom is -0.271 e. The molecule has 3 nitrogen and oxygen atoms in total. The first kappa shape index (κ1) is 15.0. The largest absolute Gasteiger partial charge is 0.271 e. The molecule has 0 amide bonds. The van der Waals surface area contributed by atoms with Crippen LogP contribution in [0.25, 0.3) is 0 Å². The van der Waals surface area contributed by atoms with Crippen molar-refractivity contribution in [3.63, 3.8) is 0 Å². The van der Waals surface area contributed by atoms with E-state index in [1.54, 1.807) is 0 Å². The van der Waals surface area contributed by atoms with E-state index in [2.05, 4.69) is 16.3 Å². The predicted octanol–water partition coefficient (Wildman–Crippen LogP) is 4.25. The molecule has 0 saturated heterocycles. The van der Waals surface area contributed by atoms with E-state index in [1.165, 1.54) is 10.4 Å². The summed E-state index contributed by atoms with van der Waals surface area (Å²) >= 11 is 7.93. The van der Waals surface area contributed by atoms with Gasteiger partial charge in [-0.2, -0.15) is 0 Å². The van der Waals surface area contributed by atoms with E-state index >= 15 is 0 Å². The number of thiophene rings is 1. The zero-order chi connectivity index (χ0) is 14.7. The highest BCUT2D eigenvalue weighted by atomic mass is 35.5. The van der Waals surface area contributed by atoms with Crippen molar-refractivity contribution in [1.82, 2.24) is 4.90 Å². The first-order chi connectivity index (χ1) is 10.2. The minimum atomic E-state index is -0.0689. The van der Waals surface area contributed by atoms with Crippen molar-refractivity contribution in [2.24, 2.45) is 0 Å². The zero-order valence-corrected chi connectivity index (χ0v) is 13.5. The number of benzene rings is 1. The van der Waals surface area contributed by atoms with Crippen LogP contribution in [0.2, 0.25) is 5.02 Å². The molecule has 2 aromatic rings. The van der Waals surface area contributed by atoms with E-state index in [-0.39, 0.29) is 6.23 Å². The molecular formula is C16H18ClNO2S. The highest BCUT2D eigenvalue weighted by Crippen LogP contribution is 2.25. The van der Waals surface area contributed by atoms with Crippen molar-refractivity contribution in [2.45, 2.75) is 32.7 Å². The van der Waals surface area contributed by atoms with Gasteiger partial charge >= 0.3 is 0 Å². The van der Waals surface area contributed by atoms with E-state index < -0.39 is 0 Å². The van der Waals surface area contributed by atoms with Gasteiger partial charge in [0, 0.05) is 23.0 Å². The Kier molecular flexibility index (Phi) is 4.93. The van der Waals surface area contributed by atoms with Gasteiger partial charge < -0.3 is 0 Å². The molecule has 0 radical (unpaired) electrons. The molecule has 0 aliphatic carbocycles. The molecule has 1 aromatic heterocycles. The number of rotatable bonds is 5. The van der Waals surface area contributed by atoms with Gasteiger partial charge in [-0.3, -0.25) is 4.90 Å². The van der Waals surface area contributed by atoms with Crippen LogP contribution in [0.3, 0.4) is 0 Å². The van der Waals surface area contributed by atoms with Gasteiger partial charge in [0.15, 0.2) is 0 Å². The van der Waals surface area contributed by atoms with Crippen molar-refractivity contribution < 1.29 is 9.78 Å². The third-order valence-corrected chi connectivity index (χ3v) is 5.12. The Bertz CT molecular complexity index is 601. The maximum Gasteiger partial charge on any atom is 0.143 e. The van der Waals surface area contributed by atoms with Gasteiger partial charge in [-0.05, 0) is 42.0 Å². The second kappa shape index (κ2) is 6.90. The lowest BCUT2D eigenvalue weighted by Crippen LogP contribution is -2.38. The normalized spacial score (nSPS) is 16.7. The number of halogens is 1. The zero-order valence-electron chi connectivity index (χ0n) is 11.9. The maximum atomic E-state index is 6.09. The van der Waals surface area contributed by atoms with Gasteiger partial charge in [0.05, 0.1) is 0 Å². The van der Waals surface area contributed by atoms with Gasteiger partial charge in [-0.25, -0.2) is 9.78 Å². The van der Waals surface area contributed by atoms with Crippen LogP contribution in [0.15, 0.2) is 35.7 Å². The first-order valence-electron chi connectivity index (χ1n) is 7.05. The molecule has 3 rings (SSSR count). The van der Waals surface area contributed by atoms with Gasteiger partial charge in [0.1, 0.15) is 12.8 Å². The Morgan fingerprint density at radius 3 is 3.05 bits per heavy atom. The lowest BCUT2D eigenvalue weighted by atomic mass is 10.1. The second-order valence-corrected chi connectivity index (χ2v) is 6.55. The molecule has 21 heavy (non-hydrogen) atoms. The lowest BCUT2D eigenvalue weighted by molar-refractivity contribution is -0.356. The van der Waals surface area contributed by atoms with Crippen molar-refractivity contribution >= 4 is 22.9 Å². The van der Waals surface area contributed by atoms with Crippen LogP contribution in [0.5, 0.6) is 0 Å². The Morgan fingerprint density at radius 2 is 2.19 bits per heavy atom. The number of fused-ring (bicyclic) bond motifs is 1. The Morgan fingerprint density at radius 1 is 1.33 bits per heavy atom. The van der Waals surface area contributed by atoms with Crippen molar-refractivity contribution in [2.75, 3.05) is 6.54 Å². The lowest BCUT2D eigenvalue weighted by Gasteiger charge is -2.31. The van der Waals surface area contributed by atoms with E-state index in [9.17, 15) is 0 Å². The molecule has 1 aromatic carbocycles. The summed E-state index contributed by atoms with van der Waals surface area (Å²) in [6.45, 7) is 4.31. The first-order valence-corrected chi connectivity index (χ1v) is 8.31. The molecule has 2 heterocycles. The summed E-state index contributed by atoms with van der Waals surface area (Å²) in [6, 6.07) is 9.84. The van der Waals surface area contributed by atoms with Crippen LogP contribution in [-0.4, -0.2) is 17.7 Å². The summed E-state index contributed by atoms with van der Waals surface area (Å²) in [6.07, 6.45) is 1.02. The predicted molar refractivity (Wildman–Crippen MR) is 85.2 cm³/mol. The van der Waals surface area contributed by atoms with E-state index in [0.29, 0.717) is 11.6 Å². The van der Waals surface area contributed by atoms with E-state index in [0.717, 1.165) is 25.1 Å². The van der Waals surface area contributed by atoms with E-state index in [1.807, 2.05) is 42.5 Å². The van der Waals surface area contributed by atoms with Crippen molar-refractivity contribution in [1.29, 1.82) is 0 Å². The molecule has 0 unspecified atom stereocenters. The summed E-state index contributed by atoms with van der Waals surface area (Å²) in [5.74, 6) is 0. The van der Waals surface area contributed by atoms with Crippen LogP contribution in [0.1, 0.15) is 22.9 Å². The molecule has 0 bridgehead atoms. The molecule has 1 aliphatic rings. The molecule has 1 atom stereocenters. The van der Waals surface area contributed by atoms with Crippen LogP contribution in [0, 0.1) is 0 Å². The molecule has 112 valence electrons. The van der Waals surface area contributed by atoms with Gasteiger partial charge in [0.25, 0.3) is 0 Å². The highest BCUT2D eigenvalue weighted by molar-refractivity contribution is 7.10. The topological polar surface area (TPSA) is 21.7 Å². The Hall–Kier alpha value is -0.910. The summed E-state index contributed by atoms with van der Waals surface area (Å²) < 4.78 is 0.